The van der Waals surface area contributed by atoms with E-state index >= 15 is 0 Å². The average Bonchev–Trinajstić information content (AvgIpc) is 2.79. The SMILES string of the molecule is CC(=O)c1nc(C(=O)OCc2ccccc2)cn1C. The average molecular weight is 258 g/mol. The van der Waals surface area contributed by atoms with Gasteiger partial charge in [-0.25, -0.2) is 9.78 Å². The van der Waals surface area contributed by atoms with E-state index in [9.17, 15) is 9.59 Å². The Morgan fingerprint density at radius 3 is 2.53 bits per heavy atom. The van der Waals surface area contributed by atoms with E-state index in [4.69, 9.17) is 4.74 Å². The maximum absolute atomic E-state index is 11.8. The highest BCUT2D eigenvalue weighted by atomic mass is 16.5. The van der Waals surface area contributed by atoms with Crippen molar-refractivity contribution in [3.63, 3.8) is 0 Å². The van der Waals surface area contributed by atoms with Crippen LogP contribution >= 0.6 is 0 Å². The minimum atomic E-state index is -0.535. The monoisotopic (exact) mass is 258 g/mol. The smallest absolute Gasteiger partial charge is 0.358 e. The maximum Gasteiger partial charge on any atom is 0.358 e. The Hall–Kier alpha value is -2.43. The quantitative estimate of drug-likeness (QED) is 0.621. The maximum atomic E-state index is 11.8. The Kier molecular flexibility index (Phi) is 3.75. The summed E-state index contributed by atoms with van der Waals surface area (Å²) in [5, 5.41) is 0. The molecule has 19 heavy (non-hydrogen) atoms. The molecule has 0 saturated heterocycles. The normalized spacial score (nSPS) is 10.2. The van der Waals surface area contributed by atoms with Crippen LogP contribution in [-0.2, 0) is 18.4 Å². The summed E-state index contributed by atoms with van der Waals surface area (Å²) in [5.41, 5.74) is 1.04. The molecule has 0 aliphatic rings. The van der Waals surface area contributed by atoms with E-state index in [0.29, 0.717) is 0 Å². The first-order valence-electron chi connectivity index (χ1n) is 5.83. The highest BCUT2D eigenvalue weighted by molar-refractivity contribution is 5.93. The standard InChI is InChI=1S/C14H14N2O3/c1-10(17)13-15-12(8-16(13)2)14(18)19-9-11-6-4-3-5-7-11/h3-8H,9H2,1-2H3. The Bertz CT molecular complexity index is 602. The van der Waals surface area contributed by atoms with Gasteiger partial charge in [-0.2, -0.15) is 0 Å². The lowest BCUT2D eigenvalue weighted by Gasteiger charge is -2.02. The number of benzene rings is 1. The first kappa shape index (κ1) is 13.0. The number of hydrogen-bond acceptors (Lipinski definition) is 4. The van der Waals surface area contributed by atoms with Crippen molar-refractivity contribution in [1.29, 1.82) is 0 Å². The second-order valence-corrected chi connectivity index (χ2v) is 4.18. The number of aryl methyl sites for hydroxylation is 1. The van der Waals surface area contributed by atoms with Crippen molar-refractivity contribution in [2.45, 2.75) is 13.5 Å². The van der Waals surface area contributed by atoms with Crippen molar-refractivity contribution in [1.82, 2.24) is 9.55 Å². The number of ether oxygens (including phenoxy) is 1. The van der Waals surface area contributed by atoms with Crippen LogP contribution in [-0.4, -0.2) is 21.3 Å². The third-order valence-corrected chi connectivity index (χ3v) is 2.61. The summed E-state index contributed by atoms with van der Waals surface area (Å²) in [6.07, 6.45) is 1.49. The Morgan fingerprint density at radius 1 is 1.26 bits per heavy atom. The zero-order valence-corrected chi connectivity index (χ0v) is 10.8. The van der Waals surface area contributed by atoms with Gasteiger partial charge in [0.15, 0.2) is 17.3 Å². The summed E-state index contributed by atoms with van der Waals surface area (Å²) >= 11 is 0. The lowest BCUT2D eigenvalue weighted by molar-refractivity contribution is 0.0466. The highest BCUT2D eigenvalue weighted by Crippen LogP contribution is 2.07. The Morgan fingerprint density at radius 2 is 1.95 bits per heavy atom. The van der Waals surface area contributed by atoms with Gasteiger partial charge in [-0.05, 0) is 5.56 Å². The number of hydrogen-bond donors (Lipinski definition) is 0. The topological polar surface area (TPSA) is 61.2 Å². The van der Waals surface area contributed by atoms with Crippen LogP contribution in [0.4, 0.5) is 0 Å². The predicted molar refractivity (Wildman–Crippen MR) is 68.8 cm³/mol. The lowest BCUT2D eigenvalue weighted by atomic mass is 10.2. The van der Waals surface area contributed by atoms with Crippen molar-refractivity contribution in [2.24, 2.45) is 7.05 Å². The van der Waals surface area contributed by atoms with Gasteiger partial charge in [0.05, 0.1) is 0 Å². The summed E-state index contributed by atoms with van der Waals surface area (Å²) in [6, 6.07) is 9.37. The molecule has 0 amide bonds. The Balaban J connectivity index is 2.04. The number of carbonyl (C=O) groups is 2. The van der Waals surface area contributed by atoms with E-state index in [1.165, 1.54) is 17.7 Å². The van der Waals surface area contributed by atoms with Crippen LogP contribution in [0.25, 0.3) is 0 Å². The summed E-state index contributed by atoms with van der Waals surface area (Å²) in [7, 11) is 1.66. The third kappa shape index (κ3) is 3.07. The van der Waals surface area contributed by atoms with E-state index in [1.54, 1.807) is 7.05 Å². The zero-order chi connectivity index (χ0) is 13.8. The van der Waals surface area contributed by atoms with Crippen molar-refractivity contribution in [2.75, 3.05) is 0 Å². The summed E-state index contributed by atoms with van der Waals surface area (Å²) in [6.45, 7) is 1.59. The van der Waals surface area contributed by atoms with E-state index in [-0.39, 0.29) is 23.9 Å². The van der Waals surface area contributed by atoms with Crippen LogP contribution in [0, 0.1) is 0 Å². The van der Waals surface area contributed by atoms with Crippen LogP contribution in [0.15, 0.2) is 36.5 Å². The molecular weight excluding hydrogens is 244 g/mol. The Labute approximate surface area is 110 Å². The second kappa shape index (κ2) is 5.48. The fourth-order valence-corrected chi connectivity index (χ4v) is 1.69. The number of carbonyl (C=O) groups excluding carboxylic acids is 2. The first-order valence-corrected chi connectivity index (χ1v) is 5.83. The van der Waals surface area contributed by atoms with Gasteiger partial charge in [0, 0.05) is 20.2 Å². The molecule has 0 atom stereocenters. The van der Waals surface area contributed by atoms with Crippen LogP contribution in [0.5, 0.6) is 0 Å². The van der Waals surface area contributed by atoms with Gasteiger partial charge in [0.25, 0.3) is 0 Å². The van der Waals surface area contributed by atoms with Crippen molar-refractivity contribution in [3.8, 4) is 0 Å². The highest BCUT2D eigenvalue weighted by Gasteiger charge is 2.16. The van der Waals surface area contributed by atoms with Gasteiger partial charge in [0.2, 0.25) is 0 Å². The van der Waals surface area contributed by atoms with E-state index < -0.39 is 5.97 Å². The zero-order valence-electron chi connectivity index (χ0n) is 10.8. The third-order valence-electron chi connectivity index (χ3n) is 2.61. The lowest BCUT2D eigenvalue weighted by Crippen LogP contribution is -2.06. The molecular formula is C14H14N2O3. The summed E-state index contributed by atoms with van der Waals surface area (Å²) < 4.78 is 6.65. The van der Waals surface area contributed by atoms with Crippen LogP contribution in [0.3, 0.4) is 0 Å². The molecule has 0 fully saturated rings. The van der Waals surface area contributed by atoms with Crippen molar-refractivity contribution >= 4 is 11.8 Å². The van der Waals surface area contributed by atoms with Crippen LogP contribution < -0.4 is 0 Å². The van der Waals surface area contributed by atoms with Gasteiger partial charge in [0.1, 0.15) is 6.61 Å². The number of nitrogens with zero attached hydrogens (tertiary/aromatic N) is 2. The largest absolute Gasteiger partial charge is 0.456 e. The summed E-state index contributed by atoms with van der Waals surface area (Å²) in [5.74, 6) is -0.483. The van der Waals surface area contributed by atoms with E-state index in [1.807, 2.05) is 30.3 Å². The molecule has 0 spiro atoms. The van der Waals surface area contributed by atoms with Gasteiger partial charge in [-0.1, -0.05) is 30.3 Å². The predicted octanol–water partition coefficient (Wildman–Crippen LogP) is 1.98. The van der Waals surface area contributed by atoms with E-state index in [0.717, 1.165) is 5.56 Å². The number of rotatable bonds is 4. The number of ketones is 1. The van der Waals surface area contributed by atoms with Gasteiger partial charge in [-0.3, -0.25) is 4.79 Å². The molecule has 0 aliphatic heterocycles. The molecule has 2 rings (SSSR count). The molecule has 0 saturated carbocycles. The molecule has 0 aliphatic carbocycles. The number of Topliss-reactive ketones (excluding diaryl/α,β-unsaturated/α-hetero) is 1. The molecule has 1 aromatic carbocycles. The van der Waals surface area contributed by atoms with E-state index in [2.05, 4.69) is 4.98 Å². The van der Waals surface area contributed by atoms with Crippen LogP contribution in [0.1, 0.15) is 33.6 Å². The fraction of sp³-hybridized carbons (Fsp3) is 0.214. The van der Waals surface area contributed by atoms with Crippen LogP contribution in [0.2, 0.25) is 0 Å². The minimum absolute atomic E-state index is 0.142. The molecule has 0 bridgehead atoms. The molecule has 5 nitrogen and oxygen atoms in total. The van der Waals surface area contributed by atoms with Crippen molar-refractivity contribution < 1.29 is 14.3 Å². The molecule has 1 aromatic heterocycles. The minimum Gasteiger partial charge on any atom is -0.456 e. The molecule has 0 radical (unpaired) electrons. The van der Waals surface area contributed by atoms with Gasteiger partial charge < -0.3 is 9.30 Å². The number of esters is 1. The number of aromatic nitrogens is 2. The van der Waals surface area contributed by atoms with Crippen molar-refractivity contribution in [3.05, 3.63) is 53.6 Å². The first-order chi connectivity index (χ1) is 9.08. The molecule has 1 heterocycles. The fourth-order valence-electron chi connectivity index (χ4n) is 1.69. The summed E-state index contributed by atoms with van der Waals surface area (Å²) in [4.78, 5) is 27.0. The second-order valence-electron chi connectivity index (χ2n) is 4.18. The molecule has 0 N–H and O–H groups in total. The molecule has 5 heteroatoms. The molecule has 2 aromatic rings. The molecule has 0 unspecified atom stereocenters. The van der Waals surface area contributed by atoms with Gasteiger partial charge in [-0.15, -0.1) is 0 Å². The van der Waals surface area contributed by atoms with Gasteiger partial charge >= 0.3 is 5.97 Å². The molecule has 98 valence electrons. The number of imidazole rings is 1.